The molecule has 2 unspecified atom stereocenters. The first kappa shape index (κ1) is 6.57. The van der Waals surface area contributed by atoms with Crippen LogP contribution in [0.3, 0.4) is 0 Å². The first-order chi connectivity index (χ1) is 5.27. The van der Waals surface area contributed by atoms with Gasteiger partial charge in [0, 0.05) is 13.1 Å². The van der Waals surface area contributed by atoms with Crippen molar-refractivity contribution in [2.75, 3.05) is 5.32 Å². The van der Waals surface area contributed by atoms with Gasteiger partial charge in [0.2, 0.25) is 5.95 Å². The molecular weight excluding hydrogens is 142 g/mol. The van der Waals surface area contributed by atoms with Crippen LogP contribution in [0.4, 0.5) is 5.95 Å². The third-order valence-electron chi connectivity index (χ3n) is 2.04. The van der Waals surface area contributed by atoms with E-state index in [1.54, 1.807) is 4.68 Å². The first-order valence-electron chi connectivity index (χ1n) is 3.76. The van der Waals surface area contributed by atoms with Crippen molar-refractivity contribution in [2.45, 2.75) is 19.4 Å². The molecule has 1 fully saturated rings. The molecule has 1 aromatic heterocycles. The van der Waals surface area contributed by atoms with Crippen molar-refractivity contribution in [3.63, 3.8) is 0 Å². The molecule has 0 spiro atoms. The second-order valence-corrected chi connectivity index (χ2v) is 3.09. The molecule has 2 rings (SSSR count). The summed E-state index contributed by atoms with van der Waals surface area (Å²) in [7, 11) is 1.83. The van der Waals surface area contributed by atoms with Crippen LogP contribution in [-0.4, -0.2) is 26.2 Å². The molecule has 1 saturated carbocycles. The Kier molecular flexibility index (Phi) is 1.30. The van der Waals surface area contributed by atoms with Gasteiger partial charge in [0.1, 0.15) is 0 Å². The van der Waals surface area contributed by atoms with Crippen LogP contribution in [0.2, 0.25) is 0 Å². The van der Waals surface area contributed by atoms with E-state index in [2.05, 4.69) is 27.8 Å². The average Bonchev–Trinajstić information content (AvgIpc) is 2.48. The molecule has 0 aromatic carbocycles. The Morgan fingerprint density at radius 1 is 1.64 bits per heavy atom. The van der Waals surface area contributed by atoms with Crippen molar-refractivity contribution in [1.29, 1.82) is 0 Å². The lowest BCUT2D eigenvalue weighted by atomic mass is 10.5. The van der Waals surface area contributed by atoms with Gasteiger partial charge in [0.25, 0.3) is 0 Å². The monoisotopic (exact) mass is 153 g/mol. The van der Waals surface area contributed by atoms with Crippen LogP contribution in [0.1, 0.15) is 13.3 Å². The predicted molar refractivity (Wildman–Crippen MR) is 40.0 cm³/mol. The maximum Gasteiger partial charge on any atom is 0.242 e. The van der Waals surface area contributed by atoms with Gasteiger partial charge in [-0.3, -0.25) is 0 Å². The van der Waals surface area contributed by atoms with Crippen molar-refractivity contribution in [3.05, 3.63) is 0 Å². The van der Waals surface area contributed by atoms with E-state index in [0.29, 0.717) is 6.04 Å². The zero-order valence-corrected chi connectivity index (χ0v) is 6.65. The van der Waals surface area contributed by atoms with E-state index in [1.165, 1.54) is 6.42 Å². The molecule has 0 saturated heterocycles. The van der Waals surface area contributed by atoms with E-state index >= 15 is 0 Å². The summed E-state index contributed by atoms with van der Waals surface area (Å²) in [5.41, 5.74) is 0. The van der Waals surface area contributed by atoms with Crippen LogP contribution in [0.15, 0.2) is 0 Å². The minimum absolute atomic E-state index is 0.583. The average molecular weight is 153 g/mol. The Hall–Kier alpha value is -1.13. The minimum atomic E-state index is 0.583. The number of hydrogen-bond acceptors (Lipinski definition) is 4. The molecule has 1 heterocycles. The third kappa shape index (κ3) is 1.18. The van der Waals surface area contributed by atoms with E-state index in [9.17, 15) is 0 Å². The summed E-state index contributed by atoms with van der Waals surface area (Å²) in [6.45, 7) is 2.21. The SMILES string of the molecule is CC1CC1Nc1nnnn1C. The van der Waals surface area contributed by atoms with Crippen molar-refractivity contribution in [3.8, 4) is 0 Å². The topological polar surface area (TPSA) is 55.6 Å². The highest BCUT2D eigenvalue weighted by molar-refractivity contribution is 5.26. The van der Waals surface area contributed by atoms with Gasteiger partial charge >= 0.3 is 0 Å². The number of rotatable bonds is 2. The lowest BCUT2D eigenvalue weighted by Gasteiger charge is -1.99. The van der Waals surface area contributed by atoms with E-state index in [4.69, 9.17) is 0 Å². The highest BCUT2D eigenvalue weighted by Gasteiger charge is 2.33. The molecule has 1 aliphatic carbocycles. The Morgan fingerprint density at radius 3 is 2.82 bits per heavy atom. The summed E-state index contributed by atoms with van der Waals surface area (Å²) in [6, 6.07) is 0.583. The van der Waals surface area contributed by atoms with Gasteiger partial charge in [-0.05, 0) is 22.8 Å². The lowest BCUT2D eigenvalue weighted by Crippen LogP contribution is -2.08. The minimum Gasteiger partial charge on any atom is -0.350 e. The van der Waals surface area contributed by atoms with Gasteiger partial charge < -0.3 is 5.32 Å². The fourth-order valence-corrected chi connectivity index (χ4v) is 1.04. The summed E-state index contributed by atoms with van der Waals surface area (Å²) in [6.07, 6.45) is 1.23. The predicted octanol–water partition coefficient (Wildman–Crippen LogP) is 0.0304. The third-order valence-corrected chi connectivity index (χ3v) is 2.04. The molecule has 0 bridgehead atoms. The Balaban J connectivity index is 2.01. The molecule has 2 atom stereocenters. The number of aryl methyl sites for hydroxylation is 1. The van der Waals surface area contributed by atoms with Crippen LogP contribution >= 0.6 is 0 Å². The highest BCUT2D eigenvalue weighted by atomic mass is 15.6. The fraction of sp³-hybridized carbons (Fsp3) is 0.833. The van der Waals surface area contributed by atoms with Crippen molar-refractivity contribution in [1.82, 2.24) is 20.2 Å². The standard InChI is InChI=1S/C6H11N5/c1-4-3-5(4)7-6-8-9-10-11(6)2/h4-5H,3H2,1-2H3,(H,7,8,10). The molecule has 1 N–H and O–H groups in total. The summed E-state index contributed by atoms with van der Waals surface area (Å²) >= 11 is 0. The first-order valence-corrected chi connectivity index (χ1v) is 3.76. The summed E-state index contributed by atoms with van der Waals surface area (Å²) in [5, 5.41) is 14.3. The Morgan fingerprint density at radius 2 is 2.36 bits per heavy atom. The summed E-state index contributed by atoms with van der Waals surface area (Å²) in [5.74, 6) is 1.53. The van der Waals surface area contributed by atoms with E-state index < -0.39 is 0 Å². The maximum atomic E-state index is 3.82. The fourth-order valence-electron chi connectivity index (χ4n) is 1.04. The molecule has 5 nitrogen and oxygen atoms in total. The second-order valence-electron chi connectivity index (χ2n) is 3.09. The van der Waals surface area contributed by atoms with Gasteiger partial charge in [0.15, 0.2) is 0 Å². The Bertz CT molecular complexity index is 255. The van der Waals surface area contributed by atoms with E-state index in [-0.39, 0.29) is 0 Å². The molecule has 0 amide bonds. The van der Waals surface area contributed by atoms with Crippen LogP contribution in [0.5, 0.6) is 0 Å². The molecular formula is C6H11N5. The number of tetrazole rings is 1. The molecule has 1 aromatic rings. The smallest absolute Gasteiger partial charge is 0.242 e. The van der Waals surface area contributed by atoms with Gasteiger partial charge in [-0.15, -0.1) is 0 Å². The summed E-state index contributed by atoms with van der Waals surface area (Å²) in [4.78, 5) is 0. The zero-order valence-electron chi connectivity index (χ0n) is 6.65. The lowest BCUT2D eigenvalue weighted by molar-refractivity contribution is 0.711. The molecule has 5 heteroatoms. The quantitative estimate of drug-likeness (QED) is 0.651. The largest absolute Gasteiger partial charge is 0.350 e. The molecule has 60 valence electrons. The van der Waals surface area contributed by atoms with Crippen LogP contribution in [0, 0.1) is 5.92 Å². The van der Waals surface area contributed by atoms with Gasteiger partial charge in [0.05, 0.1) is 0 Å². The van der Waals surface area contributed by atoms with Gasteiger partial charge in [-0.1, -0.05) is 12.0 Å². The van der Waals surface area contributed by atoms with E-state index in [0.717, 1.165) is 11.9 Å². The van der Waals surface area contributed by atoms with Gasteiger partial charge in [-0.2, -0.15) is 0 Å². The highest BCUT2D eigenvalue weighted by Crippen LogP contribution is 2.31. The Labute approximate surface area is 64.8 Å². The molecule has 0 radical (unpaired) electrons. The molecule has 1 aliphatic rings. The number of nitrogens with zero attached hydrogens (tertiary/aromatic N) is 4. The molecule has 11 heavy (non-hydrogen) atoms. The van der Waals surface area contributed by atoms with Crippen molar-refractivity contribution >= 4 is 5.95 Å². The van der Waals surface area contributed by atoms with Crippen LogP contribution < -0.4 is 5.32 Å². The summed E-state index contributed by atoms with van der Waals surface area (Å²) < 4.78 is 1.64. The molecule has 0 aliphatic heterocycles. The van der Waals surface area contributed by atoms with Crippen molar-refractivity contribution in [2.24, 2.45) is 13.0 Å². The number of anilines is 1. The second kappa shape index (κ2) is 2.18. The van der Waals surface area contributed by atoms with Crippen molar-refractivity contribution < 1.29 is 0 Å². The number of aromatic nitrogens is 4. The van der Waals surface area contributed by atoms with Crippen LogP contribution in [-0.2, 0) is 7.05 Å². The van der Waals surface area contributed by atoms with Crippen LogP contribution in [0.25, 0.3) is 0 Å². The number of nitrogens with one attached hydrogen (secondary N) is 1. The van der Waals surface area contributed by atoms with E-state index in [1.807, 2.05) is 7.05 Å². The maximum absolute atomic E-state index is 3.82. The zero-order chi connectivity index (χ0) is 7.84. The number of hydrogen-bond donors (Lipinski definition) is 1. The van der Waals surface area contributed by atoms with Gasteiger partial charge in [-0.25, -0.2) is 4.68 Å². The normalized spacial score (nSPS) is 28.5.